The van der Waals surface area contributed by atoms with Crippen molar-refractivity contribution < 1.29 is 23.5 Å². The number of carbonyl (C=O) groups is 3. The van der Waals surface area contributed by atoms with Crippen LogP contribution in [-0.4, -0.2) is 48.4 Å². The van der Waals surface area contributed by atoms with Crippen molar-refractivity contribution >= 4 is 23.4 Å². The van der Waals surface area contributed by atoms with Crippen LogP contribution in [0.2, 0.25) is 0 Å². The fraction of sp³-hybridized carbons (Fsp3) is 0.348. The van der Waals surface area contributed by atoms with Gasteiger partial charge in [-0.15, -0.1) is 0 Å². The first kappa shape index (κ1) is 18.9. The number of ether oxygens (including phenoxy) is 1. The molecule has 6 nitrogen and oxygen atoms in total. The van der Waals surface area contributed by atoms with Gasteiger partial charge >= 0.3 is 0 Å². The van der Waals surface area contributed by atoms with E-state index in [-0.39, 0.29) is 41.8 Å². The molecule has 0 saturated carbocycles. The molecule has 30 heavy (non-hydrogen) atoms. The molecule has 0 bridgehead atoms. The summed E-state index contributed by atoms with van der Waals surface area (Å²) in [6.07, 6.45) is 3.07. The zero-order valence-electron chi connectivity index (χ0n) is 16.4. The van der Waals surface area contributed by atoms with Crippen LogP contribution in [0.3, 0.4) is 0 Å². The van der Waals surface area contributed by atoms with E-state index in [0.29, 0.717) is 36.4 Å². The highest BCUT2D eigenvalue weighted by Gasteiger charge is 2.38. The van der Waals surface area contributed by atoms with Gasteiger partial charge in [-0.25, -0.2) is 4.39 Å². The fourth-order valence-corrected chi connectivity index (χ4v) is 4.51. The molecule has 1 atom stereocenters. The molecule has 0 aromatic heterocycles. The highest BCUT2D eigenvalue weighted by Crippen LogP contribution is 2.31. The molecular weight excluding hydrogens is 387 g/mol. The van der Waals surface area contributed by atoms with Crippen molar-refractivity contribution in [3.8, 4) is 0 Å². The van der Waals surface area contributed by atoms with Crippen molar-refractivity contribution in [2.24, 2.45) is 0 Å². The Bertz CT molecular complexity index is 1060. The first-order chi connectivity index (χ1) is 14.5. The second kappa shape index (κ2) is 7.32. The molecule has 0 radical (unpaired) electrons. The molecule has 7 heteroatoms. The fourth-order valence-electron chi connectivity index (χ4n) is 4.51. The van der Waals surface area contributed by atoms with Gasteiger partial charge in [-0.05, 0) is 67.6 Å². The summed E-state index contributed by atoms with van der Waals surface area (Å²) >= 11 is 0. The number of rotatable bonds is 3. The number of fused-ring (bicyclic) bond motifs is 2. The van der Waals surface area contributed by atoms with Gasteiger partial charge in [0.1, 0.15) is 5.82 Å². The highest BCUT2D eigenvalue weighted by atomic mass is 19.1. The molecule has 154 valence electrons. The van der Waals surface area contributed by atoms with Crippen LogP contribution in [-0.2, 0) is 11.2 Å². The number of nitrogens with zero attached hydrogens (tertiary/aromatic N) is 2. The predicted molar refractivity (Wildman–Crippen MR) is 107 cm³/mol. The Labute approximate surface area is 173 Å². The number of amides is 3. The van der Waals surface area contributed by atoms with Crippen LogP contribution in [0.5, 0.6) is 0 Å². The van der Waals surface area contributed by atoms with Crippen molar-refractivity contribution in [1.82, 2.24) is 4.90 Å². The molecule has 1 fully saturated rings. The van der Waals surface area contributed by atoms with Gasteiger partial charge in [0.25, 0.3) is 17.7 Å². The smallest absolute Gasteiger partial charge is 0.261 e. The number of halogens is 1. The van der Waals surface area contributed by atoms with Gasteiger partial charge in [-0.3, -0.25) is 19.3 Å². The second-order valence-corrected chi connectivity index (χ2v) is 7.95. The number of benzene rings is 2. The van der Waals surface area contributed by atoms with Crippen LogP contribution >= 0.6 is 0 Å². The van der Waals surface area contributed by atoms with Crippen LogP contribution in [0, 0.1) is 5.82 Å². The average molecular weight is 408 g/mol. The lowest BCUT2D eigenvalue weighted by Crippen LogP contribution is -2.36. The first-order valence-corrected chi connectivity index (χ1v) is 10.2. The molecule has 2 aromatic carbocycles. The van der Waals surface area contributed by atoms with E-state index in [9.17, 15) is 18.8 Å². The lowest BCUT2D eigenvalue weighted by Gasteiger charge is -2.29. The van der Waals surface area contributed by atoms with E-state index in [1.807, 2.05) is 0 Å². The van der Waals surface area contributed by atoms with Gasteiger partial charge in [0.15, 0.2) is 0 Å². The Hall–Kier alpha value is -3.06. The van der Waals surface area contributed by atoms with E-state index in [0.717, 1.165) is 24.8 Å². The normalized spacial score (nSPS) is 20.5. The van der Waals surface area contributed by atoms with Crippen molar-refractivity contribution in [3.05, 3.63) is 64.5 Å². The highest BCUT2D eigenvalue weighted by molar-refractivity contribution is 6.22. The van der Waals surface area contributed by atoms with Gasteiger partial charge in [0.2, 0.25) is 0 Å². The minimum atomic E-state index is -0.388. The Kier molecular flexibility index (Phi) is 4.62. The largest absolute Gasteiger partial charge is 0.376 e. The van der Waals surface area contributed by atoms with E-state index in [4.69, 9.17) is 4.74 Å². The summed E-state index contributed by atoms with van der Waals surface area (Å²) in [4.78, 5) is 41.6. The van der Waals surface area contributed by atoms with Crippen molar-refractivity contribution in [1.29, 1.82) is 0 Å². The second-order valence-electron chi connectivity index (χ2n) is 7.95. The molecule has 0 aliphatic carbocycles. The lowest BCUT2D eigenvalue weighted by molar-refractivity contribution is 0.0475. The maximum Gasteiger partial charge on any atom is 0.261 e. The Morgan fingerprint density at radius 1 is 1.07 bits per heavy atom. The van der Waals surface area contributed by atoms with Gasteiger partial charge in [0, 0.05) is 24.4 Å². The van der Waals surface area contributed by atoms with Crippen LogP contribution < -0.4 is 4.90 Å². The minimum Gasteiger partial charge on any atom is -0.376 e. The predicted octanol–water partition coefficient (Wildman–Crippen LogP) is 3.19. The molecular formula is C23H21FN2O4. The summed E-state index contributed by atoms with van der Waals surface area (Å²) in [6, 6.07) is 9.06. The zero-order chi connectivity index (χ0) is 20.8. The number of aryl methyl sites for hydroxylation is 1. The molecule has 3 aliphatic rings. The third kappa shape index (κ3) is 3.10. The molecule has 5 rings (SSSR count). The van der Waals surface area contributed by atoms with E-state index in [1.165, 1.54) is 23.1 Å². The summed E-state index contributed by atoms with van der Waals surface area (Å²) in [5.74, 6) is -1.32. The van der Waals surface area contributed by atoms with Crippen LogP contribution in [0.1, 0.15) is 55.9 Å². The zero-order valence-corrected chi connectivity index (χ0v) is 16.4. The maximum absolute atomic E-state index is 13.6. The minimum absolute atomic E-state index is 0.126. The first-order valence-electron chi connectivity index (χ1n) is 10.2. The van der Waals surface area contributed by atoms with E-state index < -0.39 is 0 Å². The summed E-state index contributed by atoms with van der Waals surface area (Å²) in [6.45, 7) is 1.40. The summed E-state index contributed by atoms with van der Waals surface area (Å²) in [5, 5.41) is 0. The molecule has 3 heterocycles. The van der Waals surface area contributed by atoms with Gasteiger partial charge < -0.3 is 9.64 Å². The van der Waals surface area contributed by atoms with Crippen LogP contribution in [0.4, 0.5) is 10.1 Å². The molecule has 2 aromatic rings. The monoisotopic (exact) mass is 408 g/mol. The standard InChI is InChI=1S/C23H21FN2O4/c24-16-6-8-20-14(11-16)3-1-9-25(20)21(27)15-5-7-18-19(12-15)23(29)26(22(18)28)13-17-4-2-10-30-17/h5-8,11-12,17H,1-4,9-10,13H2. The van der Waals surface area contributed by atoms with E-state index in [2.05, 4.69) is 0 Å². The van der Waals surface area contributed by atoms with E-state index >= 15 is 0 Å². The number of anilines is 1. The van der Waals surface area contributed by atoms with Crippen LogP contribution in [0.25, 0.3) is 0 Å². The lowest BCUT2D eigenvalue weighted by atomic mass is 9.99. The van der Waals surface area contributed by atoms with Gasteiger partial charge in [-0.2, -0.15) is 0 Å². The molecule has 1 saturated heterocycles. The molecule has 3 aliphatic heterocycles. The Morgan fingerprint density at radius 2 is 1.90 bits per heavy atom. The molecule has 0 spiro atoms. The molecule has 1 unspecified atom stereocenters. The van der Waals surface area contributed by atoms with E-state index in [1.54, 1.807) is 23.1 Å². The SMILES string of the molecule is O=C1c2ccc(C(=O)N3CCCc4cc(F)ccc43)cc2C(=O)N1CC1CCCO1. The molecule has 0 N–H and O–H groups in total. The number of hydrogen-bond donors (Lipinski definition) is 0. The number of hydrogen-bond acceptors (Lipinski definition) is 4. The summed E-state index contributed by atoms with van der Waals surface area (Å²) in [7, 11) is 0. The third-order valence-corrected chi connectivity index (χ3v) is 6.03. The number of imide groups is 1. The van der Waals surface area contributed by atoms with Gasteiger partial charge in [0.05, 0.1) is 23.8 Å². The summed E-state index contributed by atoms with van der Waals surface area (Å²) < 4.78 is 19.1. The van der Waals surface area contributed by atoms with Crippen molar-refractivity contribution in [2.45, 2.75) is 31.8 Å². The van der Waals surface area contributed by atoms with Gasteiger partial charge in [-0.1, -0.05) is 0 Å². The van der Waals surface area contributed by atoms with Crippen molar-refractivity contribution in [2.75, 3.05) is 24.6 Å². The topological polar surface area (TPSA) is 66.9 Å². The average Bonchev–Trinajstić information content (AvgIpc) is 3.35. The Balaban J connectivity index is 1.42. The third-order valence-electron chi connectivity index (χ3n) is 6.03. The van der Waals surface area contributed by atoms with Crippen LogP contribution in [0.15, 0.2) is 36.4 Å². The Morgan fingerprint density at radius 3 is 2.70 bits per heavy atom. The molecule has 3 amide bonds. The maximum atomic E-state index is 13.6. The quantitative estimate of drug-likeness (QED) is 0.732. The number of carbonyl (C=O) groups excluding carboxylic acids is 3. The summed E-state index contributed by atoms with van der Waals surface area (Å²) in [5.41, 5.74) is 2.39. The van der Waals surface area contributed by atoms with Crippen molar-refractivity contribution in [3.63, 3.8) is 0 Å².